The van der Waals surface area contributed by atoms with Crippen molar-refractivity contribution in [1.82, 2.24) is 20.4 Å². The predicted octanol–water partition coefficient (Wildman–Crippen LogP) is 1.02. The van der Waals surface area contributed by atoms with Crippen molar-refractivity contribution in [2.75, 3.05) is 45.8 Å². The van der Waals surface area contributed by atoms with Crippen molar-refractivity contribution in [1.29, 1.82) is 0 Å². The van der Waals surface area contributed by atoms with Crippen molar-refractivity contribution in [2.45, 2.75) is 18.9 Å². The Morgan fingerprint density at radius 1 is 1.24 bits per heavy atom. The Kier molecular flexibility index (Phi) is 6.29. The van der Waals surface area contributed by atoms with Crippen LogP contribution in [0.25, 0.3) is 0 Å². The number of nitrogens with zero attached hydrogens (tertiary/aromatic N) is 2. The van der Waals surface area contributed by atoms with E-state index in [0.717, 1.165) is 23.7 Å². The zero-order chi connectivity index (χ0) is 17.6. The molecule has 7 heteroatoms. The zero-order valence-electron chi connectivity index (χ0n) is 14.3. The van der Waals surface area contributed by atoms with Crippen molar-refractivity contribution in [3.05, 3.63) is 34.9 Å². The molecule has 25 heavy (non-hydrogen) atoms. The number of hydrogen-bond donors (Lipinski definition) is 2. The molecule has 2 saturated heterocycles. The number of amides is 2. The van der Waals surface area contributed by atoms with Crippen LogP contribution < -0.4 is 10.6 Å². The highest BCUT2D eigenvalue weighted by molar-refractivity contribution is 6.31. The Labute approximate surface area is 153 Å². The lowest BCUT2D eigenvalue weighted by atomic mass is 10.1. The molecule has 2 fully saturated rings. The van der Waals surface area contributed by atoms with Crippen LogP contribution in [0.2, 0.25) is 5.02 Å². The minimum absolute atomic E-state index is 0.0231. The maximum absolute atomic E-state index is 12.3. The van der Waals surface area contributed by atoms with Crippen LogP contribution in [0.1, 0.15) is 24.4 Å². The van der Waals surface area contributed by atoms with Gasteiger partial charge in [0.05, 0.1) is 19.1 Å². The van der Waals surface area contributed by atoms with E-state index in [0.29, 0.717) is 19.6 Å². The van der Waals surface area contributed by atoms with E-state index in [4.69, 9.17) is 11.6 Å². The monoisotopic (exact) mass is 364 g/mol. The number of halogens is 1. The van der Waals surface area contributed by atoms with E-state index >= 15 is 0 Å². The number of benzene rings is 1. The number of hydrogen-bond acceptors (Lipinski definition) is 4. The van der Waals surface area contributed by atoms with Gasteiger partial charge in [-0.2, -0.15) is 0 Å². The van der Waals surface area contributed by atoms with Gasteiger partial charge in [0.15, 0.2) is 0 Å². The van der Waals surface area contributed by atoms with Gasteiger partial charge in [-0.15, -0.1) is 0 Å². The first-order valence-corrected chi connectivity index (χ1v) is 9.25. The molecule has 0 aliphatic carbocycles. The third-order valence-electron chi connectivity index (χ3n) is 4.82. The molecule has 2 aliphatic rings. The van der Waals surface area contributed by atoms with Crippen molar-refractivity contribution in [3.8, 4) is 0 Å². The molecule has 0 spiro atoms. The quantitative estimate of drug-likeness (QED) is 0.791. The molecular weight excluding hydrogens is 340 g/mol. The molecule has 6 nitrogen and oxygen atoms in total. The summed E-state index contributed by atoms with van der Waals surface area (Å²) in [6.45, 7) is 4.43. The summed E-state index contributed by atoms with van der Waals surface area (Å²) in [4.78, 5) is 28.0. The Balaban J connectivity index is 1.59. The van der Waals surface area contributed by atoms with E-state index in [2.05, 4.69) is 15.5 Å². The van der Waals surface area contributed by atoms with Gasteiger partial charge >= 0.3 is 0 Å². The number of carbonyl (C=O) groups excluding carboxylic acids is 2. The van der Waals surface area contributed by atoms with Gasteiger partial charge in [0.2, 0.25) is 11.8 Å². The van der Waals surface area contributed by atoms with E-state index in [-0.39, 0.29) is 30.9 Å². The van der Waals surface area contributed by atoms with Crippen LogP contribution in [0.5, 0.6) is 0 Å². The second-order valence-corrected chi connectivity index (χ2v) is 7.05. The second-order valence-electron chi connectivity index (χ2n) is 6.65. The minimum atomic E-state index is -0.0500. The van der Waals surface area contributed by atoms with Gasteiger partial charge in [0.1, 0.15) is 0 Å². The first-order valence-electron chi connectivity index (χ1n) is 8.88. The number of carbonyl (C=O) groups is 2. The van der Waals surface area contributed by atoms with Gasteiger partial charge in [-0.3, -0.25) is 19.4 Å². The van der Waals surface area contributed by atoms with Crippen molar-refractivity contribution >= 4 is 23.4 Å². The van der Waals surface area contributed by atoms with Crippen molar-refractivity contribution in [2.24, 2.45) is 0 Å². The smallest absolute Gasteiger partial charge is 0.234 e. The fraction of sp³-hybridized carbons (Fsp3) is 0.556. The number of piperazine rings is 1. The molecule has 2 amide bonds. The molecule has 1 unspecified atom stereocenters. The number of likely N-dealkylation sites (tertiary alicyclic amines) is 1. The van der Waals surface area contributed by atoms with Gasteiger partial charge in [0.25, 0.3) is 0 Å². The summed E-state index contributed by atoms with van der Waals surface area (Å²) in [5.74, 6) is -0.0731. The fourth-order valence-electron chi connectivity index (χ4n) is 3.53. The van der Waals surface area contributed by atoms with Crippen molar-refractivity contribution in [3.63, 3.8) is 0 Å². The molecule has 2 aliphatic heterocycles. The Hall–Kier alpha value is -1.63. The molecule has 1 aromatic carbocycles. The van der Waals surface area contributed by atoms with E-state index < -0.39 is 0 Å². The lowest BCUT2D eigenvalue weighted by molar-refractivity contribution is -0.127. The average molecular weight is 365 g/mol. The first-order chi connectivity index (χ1) is 12.1. The van der Waals surface area contributed by atoms with Crippen LogP contribution in [0.3, 0.4) is 0 Å². The molecule has 1 aromatic rings. The molecule has 136 valence electrons. The van der Waals surface area contributed by atoms with Crippen LogP contribution in [-0.4, -0.2) is 67.4 Å². The molecular formula is C18H25ClN4O2. The lowest BCUT2D eigenvalue weighted by Gasteiger charge is -2.30. The number of nitrogens with one attached hydrogen (secondary N) is 2. The fourth-order valence-corrected chi connectivity index (χ4v) is 3.79. The summed E-state index contributed by atoms with van der Waals surface area (Å²) in [6.07, 6.45) is 2.36. The number of rotatable bonds is 6. The molecule has 1 atom stereocenters. The lowest BCUT2D eigenvalue weighted by Crippen LogP contribution is -2.51. The first kappa shape index (κ1) is 18.2. The normalized spacial score (nSPS) is 20.3. The topological polar surface area (TPSA) is 64.7 Å². The molecule has 2 N–H and O–H groups in total. The molecule has 0 radical (unpaired) electrons. The van der Waals surface area contributed by atoms with Crippen molar-refractivity contribution < 1.29 is 9.59 Å². The summed E-state index contributed by atoms with van der Waals surface area (Å²) in [6, 6.07) is 7.93. The Bertz CT molecular complexity index is 619. The summed E-state index contributed by atoms with van der Waals surface area (Å²) in [7, 11) is 0. The maximum Gasteiger partial charge on any atom is 0.234 e. The highest BCUT2D eigenvalue weighted by Gasteiger charge is 2.26. The van der Waals surface area contributed by atoms with E-state index in [1.165, 1.54) is 12.8 Å². The van der Waals surface area contributed by atoms with Gasteiger partial charge in [-0.1, -0.05) is 29.8 Å². The summed E-state index contributed by atoms with van der Waals surface area (Å²) in [5.41, 5.74) is 1.06. The molecule has 0 saturated carbocycles. The van der Waals surface area contributed by atoms with Crippen LogP contribution in [-0.2, 0) is 9.59 Å². The van der Waals surface area contributed by atoms with Crippen LogP contribution >= 0.6 is 11.6 Å². The molecule has 0 bridgehead atoms. The van der Waals surface area contributed by atoms with E-state index in [9.17, 15) is 9.59 Å². The van der Waals surface area contributed by atoms with Crippen LogP contribution in [0.15, 0.2) is 24.3 Å². The minimum Gasteiger partial charge on any atom is -0.354 e. The van der Waals surface area contributed by atoms with E-state index in [1.54, 1.807) is 0 Å². The van der Waals surface area contributed by atoms with Crippen LogP contribution in [0.4, 0.5) is 0 Å². The highest BCUT2D eigenvalue weighted by atomic mass is 35.5. The molecule has 3 rings (SSSR count). The Morgan fingerprint density at radius 2 is 2.00 bits per heavy atom. The van der Waals surface area contributed by atoms with Gasteiger partial charge in [-0.25, -0.2) is 0 Å². The predicted molar refractivity (Wildman–Crippen MR) is 97.5 cm³/mol. The standard InChI is InChI=1S/C18H25ClN4O2/c19-15-6-2-1-5-14(15)16(23-8-3-4-9-23)11-21-18(25)13-22-10-7-20-17(24)12-22/h1-2,5-6,16H,3-4,7-13H2,(H,20,24)(H,21,25). The average Bonchev–Trinajstić information content (AvgIpc) is 3.11. The summed E-state index contributed by atoms with van der Waals surface area (Å²) in [5, 5.41) is 6.54. The van der Waals surface area contributed by atoms with E-state index in [1.807, 2.05) is 29.2 Å². The largest absolute Gasteiger partial charge is 0.354 e. The molecule has 2 heterocycles. The summed E-state index contributed by atoms with van der Waals surface area (Å²) < 4.78 is 0. The SMILES string of the molecule is O=C1CN(CC(=O)NCC(c2ccccc2Cl)N2CCCC2)CCN1. The third-order valence-corrected chi connectivity index (χ3v) is 5.17. The van der Waals surface area contributed by atoms with Gasteiger partial charge < -0.3 is 10.6 Å². The third kappa shape index (κ3) is 4.93. The maximum atomic E-state index is 12.3. The Morgan fingerprint density at radius 3 is 2.72 bits per heavy atom. The highest BCUT2D eigenvalue weighted by Crippen LogP contribution is 2.29. The van der Waals surface area contributed by atoms with Gasteiger partial charge in [-0.05, 0) is 37.6 Å². The zero-order valence-corrected chi connectivity index (χ0v) is 15.1. The summed E-state index contributed by atoms with van der Waals surface area (Å²) >= 11 is 6.39. The van der Waals surface area contributed by atoms with Gasteiger partial charge in [0, 0.05) is 24.7 Å². The molecule has 0 aromatic heterocycles. The second kappa shape index (κ2) is 8.65. The van der Waals surface area contributed by atoms with Crippen LogP contribution in [0, 0.1) is 0 Å².